The molecule has 1 saturated heterocycles. The van der Waals surface area contributed by atoms with Gasteiger partial charge in [-0.1, -0.05) is 12.8 Å². The Kier molecular flexibility index (Phi) is 17.7. The smallest absolute Gasteiger partial charge is 0.191 e. The van der Waals surface area contributed by atoms with Gasteiger partial charge in [-0.3, -0.25) is 4.99 Å². The quantitative estimate of drug-likeness (QED) is 0.206. The summed E-state index contributed by atoms with van der Waals surface area (Å²) in [6.45, 7) is 12.4. The zero-order valence-electron chi connectivity index (χ0n) is 15.8. The highest BCUT2D eigenvalue weighted by Crippen LogP contribution is 2.09. The van der Waals surface area contributed by atoms with Gasteiger partial charge in [-0.15, -0.1) is 24.0 Å². The molecule has 0 atom stereocenters. The molecule has 1 aliphatic rings. The predicted molar refractivity (Wildman–Crippen MR) is 115 cm³/mol. The Morgan fingerprint density at radius 2 is 1.79 bits per heavy atom. The molecular weight excluding hydrogens is 415 g/mol. The summed E-state index contributed by atoms with van der Waals surface area (Å²) in [5, 5.41) is 6.74. The lowest BCUT2D eigenvalue weighted by Crippen LogP contribution is -2.38. The summed E-state index contributed by atoms with van der Waals surface area (Å²) in [6.07, 6.45) is 9.05. The molecule has 144 valence electrons. The maximum Gasteiger partial charge on any atom is 0.191 e. The van der Waals surface area contributed by atoms with Crippen LogP contribution in [0, 0.1) is 0 Å². The van der Waals surface area contributed by atoms with Crippen molar-refractivity contribution < 1.29 is 4.74 Å². The van der Waals surface area contributed by atoms with Gasteiger partial charge in [0.25, 0.3) is 0 Å². The molecule has 1 aliphatic heterocycles. The molecule has 24 heavy (non-hydrogen) atoms. The van der Waals surface area contributed by atoms with Crippen molar-refractivity contribution >= 4 is 29.9 Å². The second kappa shape index (κ2) is 17.7. The number of aliphatic imine (C=N–C) groups is 1. The Morgan fingerprint density at radius 1 is 1.00 bits per heavy atom. The summed E-state index contributed by atoms with van der Waals surface area (Å²) in [4.78, 5) is 7.21. The van der Waals surface area contributed by atoms with Gasteiger partial charge in [-0.25, -0.2) is 0 Å². The number of rotatable bonds is 12. The Labute approximate surface area is 166 Å². The molecule has 2 N–H and O–H groups in total. The fourth-order valence-corrected chi connectivity index (χ4v) is 2.87. The van der Waals surface area contributed by atoms with Gasteiger partial charge in [-0.2, -0.15) is 0 Å². The molecule has 5 nitrogen and oxygen atoms in total. The van der Waals surface area contributed by atoms with Crippen LogP contribution in [0.2, 0.25) is 0 Å². The Balaban J connectivity index is 0.00000529. The molecule has 0 aromatic heterocycles. The molecule has 0 aliphatic carbocycles. The first-order valence-corrected chi connectivity index (χ1v) is 9.69. The summed E-state index contributed by atoms with van der Waals surface area (Å²) < 4.78 is 5.34. The summed E-state index contributed by atoms with van der Waals surface area (Å²) in [6, 6.07) is 0. The van der Waals surface area contributed by atoms with Crippen molar-refractivity contribution in [1.82, 2.24) is 15.5 Å². The first-order valence-electron chi connectivity index (χ1n) is 9.69. The second-order valence-electron chi connectivity index (χ2n) is 6.20. The highest BCUT2D eigenvalue weighted by molar-refractivity contribution is 14.0. The lowest BCUT2D eigenvalue weighted by Gasteiger charge is -2.26. The Morgan fingerprint density at radius 3 is 2.50 bits per heavy atom. The first kappa shape index (κ1) is 23.9. The van der Waals surface area contributed by atoms with Crippen LogP contribution in [-0.2, 0) is 4.74 Å². The van der Waals surface area contributed by atoms with Gasteiger partial charge < -0.3 is 20.3 Å². The molecule has 1 fully saturated rings. The average Bonchev–Trinajstić information content (AvgIpc) is 2.58. The number of halogens is 1. The van der Waals surface area contributed by atoms with E-state index in [-0.39, 0.29) is 24.0 Å². The zero-order chi connectivity index (χ0) is 16.6. The number of unbranched alkanes of at least 4 members (excludes halogenated alkanes) is 2. The van der Waals surface area contributed by atoms with E-state index in [4.69, 9.17) is 4.74 Å². The Bertz CT molecular complexity index is 297. The third-order valence-electron chi connectivity index (χ3n) is 4.16. The number of hydrogen-bond donors (Lipinski definition) is 2. The van der Waals surface area contributed by atoms with Gasteiger partial charge in [0.15, 0.2) is 5.96 Å². The van der Waals surface area contributed by atoms with Crippen LogP contribution < -0.4 is 10.6 Å². The van der Waals surface area contributed by atoms with E-state index in [9.17, 15) is 0 Å². The summed E-state index contributed by atoms with van der Waals surface area (Å²) in [5.41, 5.74) is 0. The first-order chi connectivity index (χ1) is 11.4. The molecule has 1 rings (SSSR count). The maximum atomic E-state index is 5.34. The molecular formula is C18H39IN4O. The third-order valence-corrected chi connectivity index (χ3v) is 4.16. The van der Waals surface area contributed by atoms with Gasteiger partial charge in [0.05, 0.1) is 0 Å². The molecule has 0 aromatic carbocycles. The highest BCUT2D eigenvalue weighted by Gasteiger charge is 2.08. The minimum Gasteiger partial charge on any atom is -0.382 e. The van der Waals surface area contributed by atoms with Crippen LogP contribution in [0.4, 0.5) is 0 Å². The van der Waals surface area contributed by atoms with Crippen molar-refractivity contribution in [3.8, 4) is 0 Å². The van der Waals surface area contributed by atoms with Crippen molar-refractivity contribution in [3.63, 3.8) is 0 Å². The van der Waals surface area contributed by atoms with Crippen molar-refractivity contribution in [2.75, 3.05) is 52.5 Å². The fraction of sp³-hybridized carbons (Fsp3) is 0.944. The molecule has 6 heteroatoms. The molecule has 0 saturated carbocycles. The number of likely N-dealkylation sites (tertiary alicyclic amines) is 1. The highest BCUT2D eigenvalue weighted by atomic mass is 127. The monoisotopic (exact) mass is 454 g/mol. The standard InChI is InChI=1S/C18H38N4O.HI/c1-3-19-18(21-13-11-17-23-4-2)20-12-7-5-8-14-22-15-9-6-10-16-22;/h3-17H2,1-2H3,(H2,19,20,21);1H. The van der Waals surface area contributed by atoms with Crippen molar-refractivity contribution in [1.29, 1.82) is 0 Å². The second-order valence-corrected chi connectivity index (χ2v) is 6.20. The lowest BCUT2D eigenvalue weighted by molar-refractivity contribution is 0.146. The van der Waals surface area contributed by atoms with Crippen LogP contribution in [0.1, 0.15) is 58.8 Å². The zero-order valence-corrected chi connectivity index (χ0v) is 18.1. The molecule has 0 amide bonds. The number of nitrogens with one attached hydrogen (secondary N) is 2. The van der Waals surface area contributed by atoms with E-state index < -0.39 is 0 Å². The molecule has 0 unspecified atom stereocenters. The largest absolute Gasteiger partial charge is 0.382 e. The van der Waals surface area contributed by atoms with Gasteiger partial charge in [0, 0.05) is 32.8 Å². The van der Waals surface area contributed by atoms with Crippen LogP contribution in [0.15, 0.2) is 4.99 Å². The summed E-state index contributed by atoms with van der Waals surface area (Å²) in [5.74, 6) is 0.944. The van der Waals surface area contributed by atoms with E-state index in [1.165, 1.54) is 58.2 Å². The van der Waals surface area contributed by atoms with E-state index in [1.807, 2.05) is 6.92 Å². The molecule has 0 spiro atoms. The predicted octanol–water partition coefficient (Wildman–Crippen LogP) is 3.24. The van der Waals surface area contributed by atoms with E-state index >= 15 is 0 Å². The van der Waals surface area contributed by atoms with Crippen molar-refractivity contribution in [3.05, 3.63) is 0 Å². The molecule has 1 heterocycles. The molecule has 0 aromatic rings. The number of piperidine rings is 1. The topological polar surface area (TPSA) is 48.9 Å². The summed E-state index contributed by atoms with van der Waals surface area (Å²) >= 11 is 0. The number of hydrogen-bond acceptors (Lipinski definition) is 3. The minimum atomic E-state index is 0. The SMILES string of the molecule is CCNC(=NCCCOCC)NCCCCCN1CCCCC1.I. The van der Waals surface area contributed by atoms with E-state index in [2.05, 4.69) is 27.4 Å². The number of guanidine groups is 1. The van der Waals surface area contributed by atoms with Gasteiger partial charge in [0.2, 0.25) is 0 Å². The van der Waals surface area contributed by atoms with Gasteiger partial charge in [-0.05, 0) is 65.6 Å². The lowest BCUT2D eigenvalue weighted by atomic mass is 10.1. The van der Waals surface area contributed by atoms with Crippen LogP contribution >= 0.6 is 24.0 Å². The maximum absolute atomic E-state index is 5.34. The van der Waals surface area contributed by atoms with Crippen LogP contribution in [0.5, 0.6) is 0 Å². The number of ether oxygens (including phenoxy) is 1. The Hall–Kier alpha value is -0.0800. The van der Waals surface area contributed by atoms with Crippen LogP contribution in [-0.4, -0.2) is 63.3 Å². The molecule has 0 bridgehead atoms. The van der Waals surface area contributed by atoms with Crippen molar-refractivity contribution in [2.24, 2.45) is 4.99 Å². The van der Waals surface area contributed by atoms with E-state index in [0.717, 1.165) is 45.2 Å². The fourth-order valence-electron chi connectivity index (χ4n) is 2.87. The molecule has 0 radical (unpaired) electrons. The van der Waals surface area contributed by atoms with E-state index in [1.54, 1.807) is 0 Å². The third kappa shape index (κ3) is 13.2. The number of nitrogens with zero attached hydrogens (tertiary/aromatic N) is 2. The normalized spacial score (nSPS) is 15.8. The minimum absolute atomic E-state index is 0. The van der Waals surface area contributed by atoms with E-state index in [0.29, 0.717) is 0 Å². The van der Waals surface area contributed by atoms with Crippen LogP contribution in [0.25, 0.3) is 0 Å². The van der Waals surface area contributed by atoms with Crippen molar-refractivity contribution in [2.45, 2.75) is 58.8 Å². The van der Waals surface area contributed by atoms with Gasteiger partial charge >= 0.3 is 0 Å². The average molecular weight is 454 g/mol. The van der Waals surface area contributed by atoms with Gasteiger partial charge in [0.1, 0.15) is 0 Å². The summed E-state index contributed by atoms with van der Waals surface area (Å²) in [7, 11) is 0. The van der Waals surface area contributed by atoms with Crippen LogP contribution in [0.3, 0.4) is 0 Å².